The molecule has 2 rings (SSSR count). The minimum Gasteiger partial charge on any atom is -0.391 e. The number of rotatable bonds is 6. The fourth-order valence-corrected chi connectivity index (χ4v) is 1.87. The van der Waals surface area contributed by atoms with Crippen LogP contribution in [0.25, 0.3) is 5.69 Å². The van der Waals surface area contributed by atoms with Gasteiger partial charge in [-0.15, -0.1) is 0 Å². The lowest BCUT2D eigenvalue weighted by molar-refractivity contribution is 0.0846. The van der Waals surface area contributed by atoms with Gasteiger partial charge in [0.15, 0.2) is 0 Å². The predicted octanol–water partition coefficient (Wildman–Crippen LogP) is 1.40. The first-order valence-corrected chi connectivity index (χ1v) is 7.04. The summed E-state index contributed by atoms with van der Waals surface area (Å²) in [5.74, 6) is -0.153. The first-order chi connectivity index (χ1) is 10.1. The van der Waals surface area contributed by atoms with Crippen LogP contribution in [0.3, 0.4) is 0 Å². The number of aliphatic hydroxyl groups is 1. The highest BCUT2D eigenvalue weighted by atomic mass is 16.3. The molecule has 2 N–H and O–H groups in total. The third-order valence-corrected chi connectivity index (χ3v) is 3.52. The monoisotopic (exact) mass is 288 g/mol. The quantitative estimate of drug-likeness (QED) is 0.842. The number of nitrogens with zero attached hydrogens (tertiary/aromatic N) is 3. The molecule has 0 aromatic carbocycles. The summed E-state index contributed by atoms with van der Waals surface area (Å²) in [6.45, 7) is 4.18. The number of aliphatic hydroxyl groups excluding tert-OH is 1. The highest BCUT2D eigenvalue weighted by molar-refractivity contribution is 5.92. The summed E-state index contributed by atoms with van der Waals surface area (Å²) in [5, 5.41) is 16.7. The molecular weight excluding hydrogens is 268 g/mol. The van der Waals surface area contributed by atoms with E-state index in [1.807, 2.05) is 19.9 Å². The number of amides is 1. The molecule has 6 heteroatoms. The van der Waals surface area contributed by atoms with E-state index in [4.69, 9.17) is 0 Å². The zero-order chi connectivity index (χ0) is 15.2. The Hall–Kier alpha value is -2.21. The van der Waals surface area contributed by atoms with Gasteiger partial charge >= 0.3 is 0 Å². The summed E-state index contributed by atoms with van der Waals surface area (Å²) in [4.78, 5) is 16.1. The second-order valence-corrected chi connectivity index (χ2v) is 5.01. The molecule has 0 aliphatic heterocycles. The van der Waals surface area contributed by atoms with Gasteiger partial charge in [0.05, 0.1) is 11.8 Å². The summed E-state index contributed by atoms with van der Waals surface area (Å²) in [6, 6.07) is 5.25. The molecule has 1 amide bonds. The number of nitrogens with one attached hydrogen (secondary N) is 1. The van der Waals surface area contributed by atoms with Crippen LogP contribution in [0.5, 0.6) is 0 Å². The van der Waals surface area contributed by atoms with Crippen molar-refractivity contribution in [1.82, 2.24) is 20.1 Å². The molecule has 2 aromatic heterocycles. The van der Waals surface area contributed by atoms with Crippen LogP contribution in [0.1, 0.15) is 30.8 Å². The average molecular weight is 288 g/mol. The van der Waals surface area contributed by atoms with E-state index in [1.165, 1.54) is 0 Å². The highest BCUT2D eigenvalue weighted by Gasteiger charge is 2.15. The van der Waals surface area contributed by atoms with Gasteiger partial charge in [-0.2, -0.15) is 5.10 Å². The summed E-state index contributed by atoms with van der Waals surface area (Å²) in [5.41, 5.74) is 1.07. The van der Waals surface area contributed by atoms with E-state index in [0.717, 1.165) is 12.1 Å². The molecular formula is C15H20N4O2. The standard InChI is InChI=1S/C15H20N4O2/c1-3-11(2)14(20)10-17-15(21)13-9-12(5-7-16-13)19-8-4-6-18-19/h4-9,11,14,20H,3,10H2,1-2H3,(H,17,21)/t11-,14+/m0/s1. The molecule has 0 saturated heterocycles. The normalized spacial score (nSPS) is 13.7. The third kappa shape index (κ3) is 3.88. The van der Waals surface area contributed by atoms with Crippen LogP contribution in [0.4, 0.5) is 0 Å². The van der Waals surface area contributed by atoms with Crippen molar-refractivity contribution >= 4 is 5.91 Å². The van der Waals surface area contributed by atoms with Gasteiger partial charge in [0.25, 0.3) is 5.91 Å². The molecule has 0 bridgehead atoms. The first kappa shape index (κ1) is 15.2. The van der Waals surface area contributed by atoms with Crippen molar-refractivity contribution in [2.24, 2.45) is 5.92 Å². The van der Waals surface area contributed by atoms with E-state index < -0.39 is 6.10 Å². The largest absolute Gasteiger partial charge is 0.391 e. The Labute approximate surface area is 123 Å². The minimum atomic E-state index is -0.548. The molecule has 112 valence electrons. The Bertz CT molecular complexity index is 583. The summed E-state index contributed by atoms with van der Waals surface area (Å²) in [7, 11) is 0. The van der Waals surface area contributed by atoms with Crippen molar-refractivity contribution in [3.63, 3.8) is 0 Å². The van der Waals surface area contributed by atoms with E-state index in [1.54, 1.807) is 35.4 Å². The van der Waals surface area contributed by atoms with E-state index >= 15 is 0 Å². The molecule has 0 unspecified atom stereocenters. The van der Waals surface area contributed by atoms with Crippen molar-refractivity contribution in [2.75, 3.05) is 6.54 Å². The predicted molar refractivity (Wildman–Crippen MR) is 79.2 cm³/mol. The number of pyridine rings is 1. The number of hydrogen-bond donors (Lipinski definition) is 2. The summed E-state index contributed by atoms with van der Waals surface area (Å²) < 4.78 is 1.66. The lowest BCUT2D eigenvalue weighted by Crippen LogP contribution is -2.35. The van der Waals surface area contributed by atoms with Crippen LogP contribution in [0.15, 0.2) is 36.8 Å². The van der Waals surface area contributed by atoms with Gasteiger partial charge in [0.2, 0.25) is 0 Å². The number of carbonyl (C=O) groups excluding carboxylic acids is 1. The molecule has 0 radical (unpaired) electrons. The smallest absolute Gasteiger partial charge is 0.270 e. The van der Waals surface area contributed by atoms with Gasteiger partial charge in [0, 0.05) is 25.1 Å². The number of hydrogen-bond acceptors (Lipinski definition) is 4. The maximum absolute atomic E-state index is 12.1. The fraction of sp³-hybridized carbons (Fsp3) is 0.400. The topological polar surface area (TPSA) is 80.0 Å². The molecule has 2 heterocycles. The third-order valence-electron chi connectivity index (χ3n) is 3.52. The Morgan fingerprint density at radius 2 is 2.29 bits per heavy atom. The molecule has 0 fully saturated rings. The molecule has 2 aromatic rings. The zero-order valence-electron chi connectivity index (χ0n) is 12.2. The first-order valence-electron chi connectivity index (χ1n) is 7.04. The number of carbonyl (C=O) groups is 1. The molecule has 0 saturated carbocycles. The van der Waals surface area contributed by atoms with Gasteiger partial charge in [-0.25, -0.2) is 4.68 Å². The van der Waals surface area contributed by atoms with Crippen LogP contribution >= 0.6 is 0 Å². The van der Waals surface area contributed by atoms with E-state index in [-0.39, 0.29) is 18.4 Å². The van der Waals surface area contributed by atoms with Gasteiger partial charge in [-0.05, 0) is 24.1 Å². The molecule has 0 spiro atoms. The van der Waals surface area contributed by atoms with Crippen LogP contribution in [-0.2, 0) is 0 Å². The zero-order valence-corrected chi connectivity index (χ0v) is 12.2. The van der Waals surface area contributed by atoms with Crippen LogP contribution < -0.4 is 5.32 Å². The van der Waals surface area contributed by atoms with E-state index in [9.17, 15) is 9.90 Å². The van der Waals surface area contributed by atoms with Crippen molar-refractivity contribution in [3.05, 3.63) is 42.5 Å². The van der Waals surface area contributed by atoms with E-state index in [0.29, 0.717) is 5.69 Å². The molecule has 2 atom stereocenters. The Balaban J connectivity index is 2.01. The van der Waals surface area contributed by atoms with Crippen molar-refractivity contribution in [2.45, 2.75) is 26.4 Å². The second kappa shape index (κ2) is 6.99. The van der Waals surface area contributed by atoms with Gasteiger partial charge in [-0.3, -0.25) is 9.78 Å². The van der Waals surface area contributed by atoms with Crippen molar-refractivity contribution in [1.29, 1.82) is 0 Å². The van der Waals surface area contributed by atoms with Crippen LogP contribution in [0.2, 0.25) is 0 Å². The Kier molecular flexibility index (Phi) is 5.05. The van der Waals surface area contributed by atoms with E-state index in [2.05, 4.69) is 15.4 Å². The fourth-order valence-electron chi connectivity index (χ4n) is 1.87. The maximum atomic E-state index is 12.1. The maximum Gasteiger partial charge on any atom is 0.270 e. The minimum absolute atomic E-state index is 0.147. The lowest BCUT2D eigenvalue weighted by atomic mass is 10.0. The molecule has 6 nitrogen and oxygen atoms in total. The number of aromatic nitrogens is 3. The van der Waals surface area contributed by atoms with Crippen LogP contribution in [0, 0.1) is 5.92 Å². The average Bonchev–Trinajstić information content (AvgIpc) is 3.06. The van der Waals surface area contributed by atoms with Crippen molar-refractivity contribution in [3.8, 4) is 5.69 Å². The molecule has 0 aliphatic carbocycles. The Morgan fingerprint density at radius 1 is 1.48 bits per heavy atom. The molecule has 0 aliphatic rings. The van der Waals surface area contributed by atoms with Crippen molar-refractivity contribution < 1.29 is 9.90 Å². The highest BCUT2D eigenvalue weighted by Crippen LogP contribution is 2.08. The van der Waals surface area contributed by atoms with Gasteiger partial charge in [-0.1, -0.05) is 20.3 Å². The Morgan fingerprint density at radius 3 is 2.95 bits per heavy atom. The van der Waals surface area contributed by atoms with Gasteiger partial charge in [0.1, 0.15) is 5.69 Å². The summed E-state index contributed by atoms with van der Waals surface area (Å²) in [6.07, 6.45) is 5.35. The second-order valence-electron chi connectivity index (χ2n) is 5.01. The SMILES string of the molecule is CC[C@H](C)[C@H](O)CNC(=O)c1cc(-n2cccn2)ccn1. The lowest BCUT2D eigenvalue weighted by Gasteiger charge is -2.17. The summed E-state index contributed by atoms with van der Waals surface area (Å²) >= 11 is 0. The van der Waals surface area contributed by atoms with Crippen LogP contribution in [-0.4, -0.2) is 38.4 Å². The van der Waals surface area contributed by atoms with Gasteiger partial charge < -0.3 is 10.4 Å². The molecule has 21 heavy (non-hydrogen) atoms.